The number of carbonyl (C=O) groups excluding carboxylic acids is 1. The number of imidazole rings is 1. The van der Waals surface area contributed by atoms with Gasteiger partial charge in [0.15, 0.2) is 15.9 Å². The molecule has 1 amide bonds. The molecular weight excluding hydrogens is 464 g/mol. The third-order valence-corrected chi connectivity index (χ3v) is 6.41. The lowest BCUT2D eigenvalue weighted by Gasteiger charge is -2.35. The minimum Gasteiger partial charge on any atom is -0.339 e. The van der Waals surface area contributed by atoms with E-state index >= 15 is 0 Å². The number of rotatable bonds is 4. The largest absolute Gasteiger partial charge is 0.339 e. The van der Waals surface area contributed by atoms with Crippen molar-refractivity contribution in [2.75, 3.05) is 26.2 Å². The molecule has 31 heavy (non-hydrogen) atoms. The van der Waals surface area contributed by atoms with E-state index in [4.69, 9.17) is 0 Å². The van der Waals surface area contributed by atoms with E-state index in [9.17, 15) is 14.4 Å². The minimum atomic E-state index is -0.477. The van der Waals surface area contributed by atoms with E-state index in [1.165, 1.54) is 22.7 Å². The number of aromatic nitrogens is 4. The maximum absolute atomic E-state index is 13.0. The van der Waals surface area contributed by atoms with Crippen LogP contribution in [0.5, 0.6) is 0 Å². The Bertz CT molecular complexity index is 1270. The molecule has 4 rings (SSSR count). The van der Waals surface area contributed by atoms with Crippen molar-refractivity contribution in [2.45, 2.75) is 20.0 Å². The Balaban J connectivity index is 1.47. The fraction of sp³-hybridized carbons (Fsp3) is 0.429. The second kappa shape index (κ2) is 8.43. The van der Waals surface area contributed by atoms with E-state index in [0.717, 1.165) is 24.2 Å². The summed E-state index contributed by atoms with van der Waals surface area (Å²) in [6.45, 7) is 5.83. The molecule has 3 heterocycles. The van der Waals surface area contributed by atoms with Gasteiger partial charge in [-0.15, -0.1) is 0 Å². The van der Waals surface area contributed by atoms with Crippen molar-refractivity contribution in [3.05, 3.63) is 61.0 Å². The summed E-state index contributed by atoms with van der Waals surface area (Å²) in [5.74, 6) is -0.0664. The molecule has 1 aliphatic rings. The lowest BCUT2D eigenvalue weighted by atomic mass is 10.1. The summed E-state index contributed by atoms with van der Waals surface area (Å²) in [5.41, 5.74) is 2.08. The standard InChI is InChI=1S/C21H25BrN6O3/c1-14-5-4-6-15(11-14)12-26-7-9-27(10-8-26)16(29)13-28-18-17(23-20(28)22)19(30)25(3)21(31)24(18)2/h4-6,11H,7-10,12-13H2,1-3H3. The number of hydrogen-bond acceptors (Lipinski definition) is 5. The van der Waals surface area contributed by atoms with Gasteiger partial charge in [0.25, 0.3) is 5.56 Å². The highest BCUT2D eigenvalue weighted by atomic mass is 79.9. The quantitative estimate of drug-likeness (QED) is 0.508. The number of halogens is 1. The molecule has 9 nitrogen and oxygen atoms in total. The van der Waals surface area contributed by atoms with E-state index < -0.39 is 11.2 Å². The highest BCUT2D eigenvalue weighted by Gasteiger charge is 2.24. The molecule has 0 saturated carbocycles. The molecule has 1 aliphatic heterocycles. The number of aryl methyl sites for hydroxylation is 2. The molecule has 164 valence electrons. The first-order chi connectivity index (χ1) is 14.8. The van der Waals surface area contributed by atoms with Crippen LogP contribution in [0.3, 0.4) is 0 Å². The van der Waals surface area contributed by atoms with Crippen molar-refractivity contribution in [1.29, 1.82) is 0 Å². The highest BCUT2D eigenvalue weighted by molar-refractivity contribution is 9.10. The van der Waals surface area contributed by atoms with Gasteiger partial charge in [-0.1, -0.05) is 29.8 Å². The molecule has 0 spiro atoms. The Kier molecular flexibility index (Phi) is 5.85. The molecule has 10 heteroatoms. The fourth-order valence-electron chi connectivity index (χ4n) is 4.06. The highest BCUT2D eigenvalue weighted by Crippen LogP contribution is 2.17. The van der Waals surface area contributed by atoms with Crippen molar-refractivity contribution < 1.29 is 4.79 Å². The fourth-order valence-corrected chi connectivity index (χ4v) is 4.53. The van der Waals surface area contributed by atoms with Crippen LogP contribution in [0.15, 0.2) is 38.6 Å². The number of carbonyl (C=O) groups is 1. The Hall–Kier alpha value is -2.72. The van der Waals surface area contributed by atoms with Crippen LogP contribution < -0.4 is 11.2 Å². The smallest absolute Gasteiger partial charge is 0.332 e. The van der Waals surface area contributed by atoms with E-state index in [2.05, 4.69) is 57.0 Å². The zero-order valence-corrected chi connectivity index (χ0v) is 19.4. The summed E-state index contributed by atoms with van der Waals surface area (Å²) in [4.78, 5) is 46.1. The number of benzene rings is 1. The van der Waals surface area contributed by atoms with Crippen molar-refractivity contribution >= 4 is 33.0 Å². The Labute approximate surface area is 187 Å². The molecule has 1 saturated heterocycles. The van der Waals surface area contributed by atoms with Gasteiger partial charge >= 0.3 is 5.69 Å². The average molecular weight is 489 g/mol. The maximum Gasteiger partial charge on any atom is 0.332 e. The first-order valence-electron chi connectivity index (χ1n) is 10.1. The number of amides is 1. The van der Waals surface area contributed by atoms with Gasteiger partial charge in [0, 0.05) is 46.8 Å². The summed E-state index contributed by atoms with van der Waals surface area (Å²) in [6.07, 6.45) is 0. The van der Waals surface area contributed by atoms with Gasteiger partial charge < -0.3 is 4.90 Å². The lowest BCUT2D eigenvalue weighted by Crippen LogP contribution is -2.49. The molecule has 0 bridgehead atoms. The van der Waals surface area contributed by atoms with Crippen LogP contribution in [0.4, 0.5) is 0 Å². The number of hydrogen-bond donors (Lipinski definition) is 0. The Morgan fingerprint density at radius 3 is 2.48 bits per heavy atom. The van der Waals surface area contributed by atoms with Crippen LogP contribution in [0.25, 0.3) is 11.2 Å². The van der Waals surface area contributed by atoms with Gasteiger partial charge in [0.05, 0.1) is 0 Å². The van der Waals surface area contributed by atoms with Crippen LogP contribution in [0, 0.1) is 6.92 Å². The molecule has 1 aromatic carbocycles. The van der Waals surface area contributed by atoms with Crippen molar-refractivity contribution in [2.24, 2.45) is 14.1 Å². The minimum absolute atomic E-state index is 0.00934. The molecule has 0 atom stereocenters. The van der Waals surface area contributed by atoms with Crippen molar-refractivity contribution in [1.82, 2.24) is 28.5 Å². The maximum atomic E-state index is 13.0. The number of piperazine rings is 1. The van der Waals surface area contributed by atoms with E-state index in [1.807, 2.05) is 4.90 Å². The van der Waals surface area contributed by atoms with Gasteiger partial charge in [-0.3, -0.25) is 28.2 Å². The predicted molar refractivity (Wildman–Crippen MR) is 121 cm³/mol. The van der Waals surface area contributed by atoms with Crippen LogP contribution in [-0.4, -0.2) is 60.6 Å². The van der Waals surface area contributed by atoms with Gasteiger partial charge in [0.2, 0.25) is 5.91 Å². The first-order valence-corrected chi connectivity index (χ1v) is 10.9. The molecular formula is C21H25BrN6O3. The summed E-state index contributed by atoms with van der Waals surface area (Å²) in [5, 5.41) is 0. The number of nitrogens with zero attached hydrogens (tertiary/aromatic N) is 6. The topological polar surface area (TPSA) is 85.4 Å². The SMILES string of the molecule is Cc1cccc(CN2CCN(C(=O)Cn3c(Br)nc4c(=O)n(C)c(=O)n(C)c43)CC2)c1. The van der Waals surface area contributed by atoms with Crippen molar-refractivity contribution in [3.8, 4) is 0 Å². The third-order valence-electron chi connectivity index (χ3n) is 5.80. The van der Waals surface area contributed by atoms with Gasteiger partial charge in [0.1, 0.15) is 6.54 Å². The zero-order chi connectivity index (χ0) is 22.3. The number of fused-ring (bicyclic) bond motifs is 1. The second-order valence-corrected chi connectivity index (χ2v) is 8.70. The molecule has 0 radical (unpaired) electrons. The Morgan fingerprint density at radius 2 is 1.81 bits per heavy atom. The van der Waals surface area contributed by atoms with Crippen molar-refractivity contribution in [3.63, 3.8) is 0 Å². The van der Waals surface area contributed by atoms with Crippen LogP contribution in [0.1, 0.15) is 11.1 Å². The molecule has 3 aromatic rings. The van der Waals surface area contributed by atoms with Gasteiger partial charge in [-0.2, -0.15) is 0 Å². The van der Waals surface area contributed by atoms with E-state index in [0.29, 0.717) is 23.5 Å². The average Bonchev–Trinajstić information content (AvgIpc) is 3.07. The van der Waals surface area contributed by atoms with E-state index in [1.54, 1.807) is 11.6 Å². The third kappa shape index (κ3) is 4.09. The van der Waals surface area contributed by atoms with Crippen LogP contribution >= 0.6 is 15.9 Å². The second-order valence-electron chi connectivity index (χ2n) is 7.99. The normalized spacial score (nSPS) is 15.0. The van der Waals surface area contributed by atoms with E-state index in [-0.39, 0.29) is 18.0 Å². The monoisotopic (exact) mass is 488 g/mol. The molecule has 0 aliphatic carbocycles. The van der Waals surface area contributed by atoms with Gasteiger partial charge in [-0.25, -0.2) is 9.78 Å². The molecule has 1 fully saturated rings. The van der Waals surface area contributed by atoms with Crippen LogP contribution in [0.2, 0.25) is 0 Å². The molecule has 0 unspecified atom stereocenters. The summed E-state index contributed by atoms with van der Waals surface area (Å²) in [6, 6.07) is 8.47. The lowest BCUT2D eigenvalue weighted by molar-refractivity contribution is -0.133. The Morgan fingerprint density at radius 1 is 1.10 bits per heavy atom. The molecule has 2 aromatic heterocycles. The zero-order valence-electron chi connectivity index (χ0n) is 17.8. The first kappa shape index (κ1) is 21.5. The molecule has 0 N–H and O–H groups in total. The summed E-state index contributed by atoms with van der Waals surface area (Å²) in [7, 11) is 2.99. The summed E-state index contributed by atoms with van der Waals surface area (Å²) >= 11 is 3.34. The predicted octanol–water partition coefficient (Wildman–Crippen LogP) is 0.849. The van der Waals surface area contributed by atoms with Crippen LogP contribution in [-0.2, 0) is 32.0 Å². The summed E-state index contributed by atoms with van der Waals surface area (Å²) < 4.78 is 4.30. The van der Waals surface area contributed by atoms with Gasteiger partial charge in [-0.05, 0) is 28.4 Å².